The molecular weight excluding hydrogens is 955 g/mol. The highest BCUT2D eigenvalue weighted by Gasteiger charge is 2.47. The second-order valence-electron chi connectivity index (χ2n) is 22.5. The van der Waals surface area contributed by atoms with E-state index in [4.69, 9.17) is 14.2 Å². The molecule has 0 bridgehead atoms. The Morgan fingerprint density at radius 1 is 0.513 bits per heavy atom. The second-order valence-corrected chi connectivity index (χ2v) is 22.5. The molecule has 8 atom stereocenters. The van der Waals surface area contributed by atoms with Crippen molar-refractivity contribution in [2.24, 2.45) is 0 Å². The Morgan fingerprint density at radius 2 is 0.908 bits per heavy atom. The van der Waals surface area contributed by atoms with Crippen molar-refractivity contribution in [1.29, 1.82) is 0 Å². The zero-order valence-electron chi connectivity index (χ0n) is 49.4. The quantitative estimate of drug-likeness (QED) is 0.0195. The normalized spacial score (nSPS) is 19.3. The van der Waals surface area contributed by atoms with Crippen molar-refractivity contribution in [2.45, 2.75) is 352 Å². The lowest BCUT2D eigenvalue weighted by molar-refractivity contribution is -0.305. The van der Waals surface area contributed by atoms with Crippen LogP contribution in [0.1, 0.15) is 303 Å². The highest BCUT2D eigenvalue weighted by atomic mass is 16.7. The molecule has 1 aliphatic heterocycles. The van der Waals surface area contributed by atoms with Gasteiger partial charge in [0.2, 0.25) is 5.91 Å². The molecule has 0 saturated carbocycles. The van der Waals surface area contributed by atoms with Gasteiger partial charge < -0.3 is 45.1 Å². The van der Waals surface area contributed by atoms with E-state index in [0.717, 1.165) is 64.2 Å². The lowest BCUT2D eigenvalue weighted by atomic mass is 9.99. The summed E-state index contributed by atoms with van der Waals surface area (Å²) >= 11 is 0. The first-order valence-corrected chi connectivity index (χ1v) is 32.3. The van der Waals surface area contributed by atoms with Crippen LogP contribution in [0.3, 0.4) is 0 Å². The number of hydrogen-bond acceptors (Lipinski definition) is 10. The van der Waals surface area contributed by atoms with Crippen molar-refractivity contribution in [3.8, 4) is 0 Å². The molecule has 76 heavy (non-hydrogen) atoms. The lowest BCUT2D eigenvalue weighted by Gasteiger charge is -2.41. The summed E-state index contributed by atoms with van der Waals surface area (Å²) in [5, 5.41) is 57.0. The molecule has 1 saturated heterocycles. The monoisotopic (exact) mass is 1080 g/mol. The van der Waals surface area contributed by atoms with Gasteiger partial charge in [-0.05, 0) is 57.8 Å². The van der Waals surface area contributed by atoms with Crippen molar-refractivity contribution < 1.29 is 49.3 Å². The number of rotatable bonds is 55. The fraction of sp³-hybridized carbons (Fsp3) is 0.877. The summed E-state index contributed by atoms with van der Waals surface area (Å²) in [4.78, 5) is 26.6. The van der Waals surface area contributed by atoms with Crippen molar-refractivity contribution in [1.82, 2.24) is 5.32 Å². The average Bonchev–Trinajstić information content (AvgIpc) is 3.42. The number of esters is 1. The predicted molar refractivity (Wildman–Crippen MR) is 315 cm³/mol. The van der Waals surface area contributed by atoms with Crippen LogP contribution < -0.4 is 5.32 Å². The summed E-state index contributed by atoms with van der Waals surface area (Å²) in [5.41, 5.74) is 0. The molecular formula is C65H121NO10. The molecule has 0 aromatic heterocycles. The predicted octanol–water partition coefficient (Wildman–Crippen LogP) is 15.5. The minimum Gasteiger partial charge on any atom is -0.454 e. The van der Waals surface area contributed by atoms with Gasteiger partial charge in [0.15, 0.2) is 12.4 Å². The zero-order chi connectivity index (χ0) is 55.4. The highest BCUT2D eigenvalue weighted by molar-refractivity contribution is 5.80. The molecule has 8 unspecified atom stereocenters. The van der Waals surface area contributed by atoms with E-state index in [0.29, 0.717) is 19.3 Å². The average molecular weight is 1080 g/mol. The maximum atomic E-state index is 13.4. The van der Waals surface area contributed by atoms with Crippen LogP contribution in [0.5, 0.6) is 0 Å². The molecule has 6 N–H and O–H groups in total. The van der Waals surface area contributed by atoms with Gasteiger partial charge >= 0.3 is 5.97 Å². The second kappa shape index (κ2) is 53.5. The maximum Gasteiger partial charge on any atom is 0.306 e. The summed E-state index contributed by atoms with van der Waals surface area (Å²) in [6, 6.07) is -1.02. The van der Waals surface area contributed by atoms with Gasteiger partial charge in [-0.25, -0.2) is 0 Å². The van der Waals surface area contributed by atoms with Crippen LogP contribution in [0.2, 0.25) is 0 Å². The van der Waals surface area contributed by atoms with Crippen LogP contribution in [0.25, 0.3) is 0 Å². The maximum absolute atomic E-state index is 13.4. The molecule has 1 fully saturated rings. The Hall–Kier alpha value is -2.12. The Bertz CT molecular complexity index is 1380. The summed E-state index contributed by atoms with van der Waals surface area (Å²) in [7, 11) is 0. The number of allylic oxidation sites excluding steroid dienone is 5. The fourth-order valence-corrected chi connectivity index (χ4v) is 10.2. The molecule has 1 amide bonds. The van der Waals surface area contributed by atoms with Crippen LogP contribution in [0, 0.1) is 0 Å². The number of unbranched alkanes of at least 4 members (excludes halogenated alkanes) is 37. The van der Waals surface area contributed by atoms with Crippen molar-refractivity contribution in [2.75, 3.05) is 13.2 Å². The summed E-state index contributed by atoms with van der Waals surface area (Å²) in [6.07, 6.45) is 53.2. The molecule has 0 aromatic rings. The first-order chi connectivity index (χ1) is 37.2. The fourth-order valence-electron chi connectivity index (χ4n) is 10.2. The zero-order valence-corrected chi connectivity index (χ0v) is 49.4. The van der Waals surface area contributed by atoms with Crippen LogP contribution >= 0.6 is 0 Å². The topological polar surface area (TPSA) is 175 Å². The highest BCUT2D eigenvalue weighted by Crippen LogP contribution is 2.26. The summed E-state index contributed by atoms with van der Waals surface area (Å²) in [5.74, 6) is -1.18. The Morgan fingerprint density at radius 3 is 1.37 bits per heavy atom. The third-order valence-electron chi connectivity index (χ3n) is 15.3. The van der Waals surface area contributed by atoms with Crippen LogP contribution in [-0.4, -0.2) is 99.6 Å². The first kappa shape index (κ1) is 71.9. The standard InChI is InChI=1S/C65H121NO10/c1-4-7-10-13-16-19-22-25-26-27-28-29-30-31-32-35-38-41-44-47-50-53-60(70)76-63-62(72)61(71)59(54-67)75-65(63)74-55-56(57(68)51-48-45-42-39-36-33-23-20-17-14-11-8-5-2)66-64(73)58(69)52-49-46-43-40-37-34-24-21-18-15-12-9-6-3/h16,19,25-26,48,51,56-59,61-63,65,67-69,71-72H,4-15,17-18,20-24,27-47,49-50,52-55H2,1-3H3,(H,66,73)/b19-16-,26-25-,51-48+. The van der Waals surface area contributed by atoms with Crippen molar-refractivity contribution in [3.63, 3.8) is 0 Å². The van der Waals surface area contributed by atoms with E-state index < -0.39 is 67.4 Å². The van der Waals surface area contributed by atoms with Crippen LogP contribution in [-0.2, 0) is 23.8 Å². The number of carbonyl (C=O) groups is 2. The minimum absolute atomic E-state index is 0.124. The van der Waals surface area contributed by atoms with E-state index in [1.54, 1.807) is 6.08 Å². The van der Waals surface area contributed by atoms with E-state index in [1.807, 2.05) is 6.08 Å². The van der Waals surface area contributed by atoms with Gasteiger partial charge in [0.25, 0.3) is 0 Å². The number of nitrogens with one attached hydrogen (secondary N) is 1. The first-order valence-electron chi connectivity index (χ1n) is 32.3. The van der Waals surface area contributed by atoms with E-state index in [9.17, 15) is 35.1 Å². The molecule has 446 valence electrons. The number of amides is 1. The third kappa shape index (κ3) is 41.0. The molecule has 1 heterocycles. The van der Waals surface area contributed by atoms with Gasteiger partial charge in [0.1, 0.15) is 24.4 Å². The molecule has 0 spiro atoms. The molecule has 11 nitrogen and oxygen atoms in total. The lowest BCUT2D eigenvalue weighted by Crippen LogP contribution is -2.61. The molecule has 1 rings (SSSR count). The van der Waals surface area contributed by atoms with E-state index in [-0.39, 0.29) is 13.0 Å². The molecule has 11 heteroatoms. The molecule has 0 radical (unpaired) electrons. The summed E-state index contributed by atoms with van der Waals surface area (Å²) < 4.78 is 17.6. The van der Waals surface area contributed by atoms with Gasteiger partial charge in [0.05, 0.1) is 25.4 Å². The number of ether oxygens (including phenoxy) is 3. The van der Waals surface area contributed by atoms with Crippen molar-refractivity contribution in [3.05, 3.63) is 36.5 Å². The van der Waals surface area contributed by atoms with Gasteiger partial charge in [-0.3, -0.25) is 9.59 Å². The molecule has 0 aliphatic carbocycles. The van der Waals surface area contributed by atoms with E-state index in [2.05, 4.69) is 50.4 Å². The van der Waals surface area contributed by atoms with Gasteiger partial charge in [-0.15, -0.1) is 0 Å². The third-order valence-corrected chi connectivity index (χ3v) is 15.3. The smallest absolute Gasteiger partial charge is 0.306 e. The number of carbonyl (C=O) groups excluding carboxylic acids is 2. The number of aliphatic hydroxyl groups excluding tert-OH is 5. The summed E-state index contributed by atoms with van der Waals surface area (Å²) in [6.45, 7) is 5.79. The van der Waals surface area contributed by atoms with Crippen LogP contribution in [0.15, 0.2) is 36.5 Å². The van der Waals surface area contributed by atoms with Crippen LogP contribution in [0.4, 0.5) is 0 Å². The number of aliphatic hydroxyl groups is 5. The minimum atomic E-state index is -1.61. The largest absolute Gasteiger partial charge is 0.454 e. The number of hydrogen-bond donors (Lipinski definition) is 6. The van der Waals surface area contributed by atoms with Gasteiger partial charge in [0, 0.05) is 6.42 Å². The van der Waals surface area contributed by atoms with Crippen molar-refractivity contribution >= 4 is 11.9 Å². The van der Waals surface area contributed by atoms with Gasteiger partial charge in [-0.1, -0.05) is 276 Å². The molecule has 0 aromatic carbocycles. The van der Waals surface area contributed by atoms with E-state index in [1.165, 1.54) is 193 Å². The Kier molecular flexibility index (Phi) is 50.6. The van der Waals surface area contributed by atoms with E-state index >= 15 is 0 Å². The van der Waals surface area contributed by atoms with Gasteiger partial charge in [-0.2, -0.15) is 0 Å². The Labute approximate surface area is 466 Å². The SMILES string of the molecule is CCCCC/C=C\C/C=C\CCCCCCCCCCCCCC(=O)OC1C(OCC(NC(=O)C(O)CCCCCCCCCCCCCCC)C(O)/C=C/CCCCCCCCCCCCC)OC(CO)C(O)C1O. The molecule has 1 aliphatic rings. The Balaban J connectivity index is 2.64.